The van der Waals surface area contributed by atoms with Crippen molar-refractivity contribution in [3.05, 3.63) is 86.9 Å². The molecule has 3 nitrogen and oxygen atoms in total. The molecule has 0 radical (unpaired) electrons. The number of hydrogen-bond donors (Lipinski definition) is 1. The Bertz CT molecular complexity index is 1070. The Morgan fingerprint density at radius 1 is 0.760 bits per heavy atom. The van der Waals surface area contributed by atoms with E-state index in [1.54, 1.807) is 30.3 Å². The Hall–Kier alpha value is -2.72. The number of carbonyl (C=O) groups is 2. The summed E-state index contributed by atoms with van der Waals surface area (Å²) in [5.74, 6) is -0.362. The van der Waals surface area contributed by atoms with Crippen LogP contribution >= 0.6 is 15.9 Å². The Balaban J connectivity index is 1.97. The van der Waals surface area contributed by atoms with E-state index in [2.05, 4.69) is 15.9 Å². The van der Waals surface area contributed by atoms with Gasteiger partial charge in [-0.3, -0.25) is 9.59 Å². The van der Waals surface area contributed by atoms with Crippen molar-refractivity contribution in [1.82, 2.24) is 0 Å². The summed E-state index contributed by atoms with van der Waals surface area (Å²) >= 11 is 3.56. The highest BCUT2D eigenvalue weighted by Crippen LogP contribution is 2.39. The summed E-state index contributed by atoms with van der Waals surface area (Å²) in [6, 6.07) is 16.3. The molecule has 2 N–H and O–H groups in total. The molecule has 0 aromatic heterocycles. The number of nitrogen functional groups attached to an aromatic ring is 1. The first kappa shape index (κ1) is 15.8. The topological polar surface area (TPSA) is 60.2 Å². The van der Waals surface area contributed by atoms with Gasteiger partial charge in [-0.15, -0.1) is 0 Å². The first-order chi connectivity index (χ1) is 12.0. The number of carbonyl (C=O) groups excluding carboxylic acids is 2. The van der Waals surface area contributed by atoms with Crippen molar-refractivity contribution < 1.29 is 9.59 Å². The maximum atomic E-state index is 13.0. The Morgan fingerprint density at radius 3 is 2.04 bits per heavy atom. The zero-order valence-corrected chi connectivity index (χ0v) is 15.1. The molecule has 1 aliphatic rings. The van der Waals surface area contributed by atoms with E-state index in [1.807, 2.05) is 31.2 Å². The maximum absolute atomic E-state index is 13.0. The van der Waals surface area contributed by atoms with Gasteiger partial charge in [0.25, 0.3) is 0 Å². The van der Waals surface area contributed by atoms with Crippen LogP contribution in [-0.4, -0.2) is 11.6 Å². The largest absolute Gasteiger partial charge is 0.398 e. The second-order valence-electron chi connectivity index (χ2n) is 6.14. The highest BCUT2D eigenvalue weighted by molar-refractivity contribution is 9.10. The van der Waals surface area contributed by atoms with Gasteiger partial charge in [0.1, 0.15) is 0 Å². The minimum absolute atomic E-state index is 0.161. The molecule has 0 atom stereocenters. The molecule has 4 heteroatoms. The predicted octanol–water partition coefficient (Wildman–Crippen LogP) is 4.78. The quantitative estimate of drug-likeness (QED) is 0.474. The molecular formula is C21H14BrNO2. The molecular weight excluding hydrogens is 378 g/mol. The number of nitrogens with two attached hydrogens (primary N) is 1. The van der Waals surface area contributed by atoms with Crippen molar-refractivity contribution in [1.29, 1.82) is 0 Å². The molecule has 1 aliphatic carbocycles. The zero-order chi connectivity index (χ0) is 17.7. The van der Waals surface area contributed by atoms with Crippen LogP contribution in [0, 0.1) is 6.92 Å². The molecule has 0 spiro atoms. The minimum atomic E-state index is -0.201. The molecule has 0 saturated heterocycles. The van der Waals surface area contributed by atoms with Crippen LogP contribution in [-0.2, 0) is 0 Å². The predicted molar refractivity (Wildman–Crippen MR) is 102 cm³/mol. The number of aryl methyl sites for hydroxylation is 1. The Morgan fingerprint density at radius 2 is 1.36 bits per heavy atom. The summed E-state index contributed by atoms with van der Waals surface area (Å²) < 4.78 is 0.897. The van der Waals surface area contributed by atoms with Crippen molar-refractivity contribution in [3.8, 4) is 11.1 Å². The van der Waals surface area contributed by atoms with Gasteiger partial charge in [-0.05, 0) is 30.2 Å². The lowest BCUT2D eigenvalue weighted by Gasteiger charge is -2.21. The Kier molecular flexibility index (Phi) is 3.58. The lowest BCUT2D eigenvalue weighted by molar-refractivity contribution is 0.0980. The smallest absolute Gasteiger partial charge is 0.196 e. The molecule has 0 aliphatic heterocycles. The van der Waals surface area contributed by atoms with Crippen LogP contribution in [0.15, 0.2) is 59.1 Å². The summed E-state index contributed by atoms with van der Waals surface area (Å²) in [6.45, 7) is 2.00. The number of halogens is 1. The zero-order valence-electron chi connectivity index (χ0n) is 13.5. The van der Waals surface area contributed by atoms with Gasteiger partial charge in [0.05, 0.1) is 11.3 Å². The summed E-state index contributed by atoms with van der Waals surface area (Å²) in [5, 5.41) is 0. The van der Waals surface area contributed by atoms with Crippen molar-refractivity contribution in [2.45, 2.75) is 6.92 Å². The van der Waals surface area contributed by atoms with Crippen molar-refractivity contribution in [3.63, 3.8) is 0 Å². The molecule has 25 heavy (non-hydrogen) atoms. The molecule has 0 unspecified atom stereocenters. The van der Waals surface area contributed by atoms with Gasteiger partial charge in [0.2, 0.25) is 0 Å². The van der Waals surface area contributed by atoms with Crippen LogP contribution in [0.3, 0.4) is 0 Å². The van der Waals surface area contributed by atoms with E-state index in [0.717, 1.165) is 21.2 Å². The molecule has 122 valence electrons. The normalized spacial score (nSPS) is 12.7. The van der Waals surface area contributed by atoms with E-state index in [1.165, 1.54) is 0 Å². The molecule has 0 fully saturated rings. The highest BCUT2D eigenvalue weighted by Gasteiger charge is 2.32. The Labute approximate surface area is 153 Å². The molecule has 3 aromatic rings. The van der Waals surface area contributed by atoms with Crippen molar-refractivity contribution in [2.75, 3.05) is 5.73 Å². The average Bonchev–Trinajstić information content (AvgIpc) is 2.60. The fraction of sp³-hybridized carbons (Fsp3) is 0.0476. The van der Waals surface area contributed by atoms with Gasteiger partial charge in [0, 0.05) is 26.7 Å². The van der Waals surface area contributed by atoms with Gasteiger partial charge < -0.3 is 5.73 Å². The van der Waals surface area contributed by atoms with Crippen LogP contribution < -0.4 is 5.73 Å². The standard InChI is InChI=1S/C21H14BrNO2/c1-11-6-7-12(17(22)10-11)13-8-9-16-18(19(13)23)21(25)15-5-3-2-4-14(15)20(16)24/h2-10H,23H2,1H3. The monoisotopic (exact) mass is 391 g/mol. The number of anilines is 1. The van der Waals surface area contributed by atoms with Crippen LogP contribution in [0.4, 0.5) is 5.69 Å². The molecule has 0 saturated carbocycles. The number of hydrogen-bond acceptors (Lipinski definition) is 3. The number of fused-ring (bicyclic) bond motifs is 2. The lowest BCUT2D eigenvalue weighted by Crippen LogP contribution is -2.22. The van der Waals surface area contributed by atoms with Crippen LogP contribution in [0.2, 0.25) is 0 Å². The summed E-state index contributed by atoms with van der Waals surface area (Å²) in [7, 11) is 0. The number of rotatable bonds is 1. The first-order valence-electron chi connectivity index (χ1n) is 7.86. The summed E-state index contributed by atoms with van der Waals surface area (Å²) in [4.78, 5) is 25.7. The van der Waals surface area contributed by atoms with Crippen LogP contribution in [0.1, 0.15) is 37.4 Å². The average molecular weight is 392 g/mol. The minimum Gasteiger partial charge on any atom is -0.398 e. The van der Waals surface area contributed by atoms with Crippen molar-refractivity contribution in [2.24, 2.45) is 0 Å². The van der Waals surface area contributed by atoms with Gasteiger partial charge >= 0.3 is 0 Å². The van der Waals surface area contributed by atoms with Crippen LogP contribution in [0.5, 0.6) is 0 Å². The molecule has 0 amide bonds. The van der Waals surface area contributed by atoms with Gasteiger partial charge in [-0.2, -0.15) is 0 Å². The van der Waals surface area contributed by atoms with E-state index in [-0.39, 0.29) is 11.6 Å². The second kappa shape index (κ2) is 5.67. The number of ketones is 2. The van der Waals surface area contributed by atoms with Gasteiger partial charge in [-0.25, -0.2) is 0 Å². The van der Waals surface area contributed by atoms with E-state index < -0.39 is 0 Å². The SMILES string of the molecule is Cc1ccc(-c2ccc3c(c2N)C(=O)c2ccccc2C3=O)c(Br)c1. The summed E-state index contributed by atoms with van der Waals surface area (Å²) in [5.41, 5.74) is 11.0. The fourth-order valence-corrected chi connectivity index (χ4v) is 3.99. The van der Waals surface area contributed by atoms with E-state index in [4.69, 9.17) is 5.73 Å². The third-order valence-electron chi connectivity index (χ3n) is 4.55. The summed E-state index contributed by atoms with van der Waals surface area (Å²) in [6.07, 6.45) is 0. The van der Waals surface area contributed by atoms with Gasteiger partial charge in [0.15, 0.2) is 11.6 Å². The fourth-order valence-electron chi connectivity index (χ4n) is 3.29. The lowest BCUT2D eigenvalue weighted by atomic mass is 9.81. The highest BCUT2D eigenvalue weighted by atomic mass is 79.9. The van der Waals surface area contributed by atoms with E-state index in [0.29, 0.717) is 27.9 Å². The molecule has 0 bridgehead atoms. The molecule has 3 aromatic carbocycles. The van der Waals surface area contributed by atoms with Gasteiger partial charge in [-0.1, -0.05) is 58.4 Å². The first-order valence-corrected chi connectivity index (χ1v) is 8.65. The molecule has 0 heterocycles. The van der Waals surface area contributed by atoms with Crippen molar-refractivity contribution >= 4 is 33.2 Å². The molecule has 4 rings (SSSR count). The maximum Gasteiger partial charge on any atom is 0.196 e. The third-order valence-corrected chi connectivity index (χ3v) is 5.20. The third kappa shape index (κ3) is 2.33. The number of benzene rings is 3. The van der Waals surface area contributed by atoms with Crippen LogP contribution in [0.25, 0.3) is 11.1 Å². The second-order valence-corrected chi connectivity index (χ2v) is 6.99. The van der Waals surface area contributed by atoms with E-state index >= 15 is 0 Å². The van der Waals surface area contributed by atoms with E-state index in [9.17, 15) is 9.59 Å².